The second kappa shape index (κ2) is 9.96. The van der Waals surface area contributed by atoms with E-state index in [1.54, 1.807) is 31.6 Å². The minimum atomic E-state index is -3.68. The van der Waals surface area contributed by atoms with Gasteiger partial charge in [0.2, 0.25) is 10.0 Å². The number of hydrogen-bond donors (Lipinski definition) is 1. The highest BCUT2D eigenvalue weighted by Crippen LogP contribution is 2.24. The molecule has 0 spiro atoms. The monoisotopic (exact) mass is 483 g/mol. The third kappa shape index (κ3) is 4.98. The van der Waals surface area contributed by atoms with Crippen molar-refractivity contribution in [1.29, 1.82) is 0 Å². The number of nitrogens with zero attached hydrogens (tertiary/aromatic N) is 4. The van der Waals surface area contributed by atoms with Crippen molar-refractivity contribution in [3.8, 4) is 5.75 Å². The average molecular weight is 484 g/mol. The smallest absolute Gasteiger partial charge is 0.252 e. The summed E-state index contributed by atoms with van der Waals surface area (Å²) in [4.78, 5) is 19.9. The topological polar surface area (TPSA) is 96.8 Å². The molecule has 1 aromatic heterocycles. The van der Waals surface area contributed by atoms with Gasteiger partial charge in [-0.2, -0.15) is 4.31 Å². The molecule has 2 aromatic carbocycles. The summed E-state index contributed by atoms with van der Waals surface area (Å²) in [5.41, 5.74) is 1.09. The summed E-state index contributed by atoms with van der Waals surface area (Å²) in [6, 6.07) is 13.0. The molecule has 0 bridgehead atoms. The summed E-state index contributed by atoms with van der Waals surface area (Å²) < 4.78 is 34.9. The number of ether oxygens (including phenoxy) is 1. The largest absolute Gasteiger partial charge is 0.497 e. The van der Waals surface area contributed by atoms with Crippen LogP contribution in [0.15, 0.2) is 65.8 Å². The van der Waals surface area contributed by atoms with E-state index in [9.17, 15) is 13.2 Å². The van der Waals surface area contributed by atoms with Crippen LogP contribution in [-0.2, 0) is 17.1 Å². The van der Waals surface area contributed by atoms with Crippen molar-refractivity contribution < 1.29 is 17.9 Å². The van der Waals surface area contributed by atoms with Crippen molar-refractivity contribution in [3.05, 3.63) is 77.9 Å². The molecule has 0 saturated carbocycles. The van der Waals surface area contributed by atoms with Crippen molar-refractivity contribution in [1.82, 2.24) is 24.1 Å². The fourth-order valence-electron chi connectivity index (χ4n) is 3.94. The number of carbonyl (C=O) groups excluding carboxylic acids is 1. The van der Waals surface area contributed by atoms with Crippen LogP contribution in [-0.4, -0.2) is 73.4 Å². The Morgan fingerprint density at radius 3 is 2.38 bits per heavy atom. The van der Waals surface area contributed by atoms with Crippen molar-refractivity contribution in [2.24, 2.45) is 7.05 Å². The lowest BCUT2D eigenvalue weighted by atomic mass is 10.0. The van der Waals surface area contributed by atoms with Gasteiger partial charge in [-0.3, -0.25) is 4.79 Å². The molecule has 1 amide bonds. The van der Waals surface area contributed by atoms with Gasteiger partial charge < -0.3 is 19.5 Å². The summed E-state index contributed by atoms with van der Waals surface area (Å²) in [5.74, 6) is 0.967. The lowest BCUT2D eigenvalue weighted by Gasteiger charge is -2.31. The van der Waals surface area contributed by atoms with Crippen LogP contribution >= 0.6 is 0 Å². The summed E-state index contributed by atoms with van der Waals surface area (Å²) in [6.07, 6.45) is 3.47. The van der Waals surface area contributed by atoms with E-state index < -0.39 is 16.1 Å². The van der Waals surface area contributed by atoms with E-state index in [1.807, 2.05) is 42.9 Å². The molecule has 1 atom stereocenters. The van der Waals surface area contributed by atoms with Gasteiger partial charge in [-0.25, -0.2) is 13.4 Å². The lowest BCUT2D eigenvalue weighted by Crippen LogP contribution is -2.47. The average Bonchev–Trinajstić information content (AvgIpc) is 3.28. The van der Waals surface area contributed by atoms with Crippen LogP contribution in [0, 0.1) is 0 Å². The van der Waals surface area contributed by atoms with E-state index in [1.165, 1.54) is 16.4 Å². The minimum Gasteiger partial charge on any atom is -0.497 e. The quantitative estimate of drug-likeness (QED) is 0.551. The van der Waals surface area contributed by atoms with E-state index in [4.69, 9.17) is 4.74 Å². The van der Waals surface area contributed by atoms with E-state index in [0.29, 0.717) is 37.8 Å². The first-order valence-corrected chi connectivity index (χ1v) is 12.4. The van der Waals surface area contributed by atoms with Crippen LogP contribution in [0.2, 0.25) is 0 Å². The molecule has 180 valence electrons. The Balaban J connectivity index is 1.60. The fourth-order valence-corrected chi connectivity index (χ4v) is 5.41. The predicted molar refractivity (Wildman–Crippen MR) is 128 cm³/mol. The van der Waals surface area contributed by atoms with Gasteiger partial charge in [0.25, 0.3) is 5.91 Å². The van der Waals surface area contributed by atoms with Crippen LogP contribution in [0.25, 0.3) is 0 Å². The molecule has 1 aliphatic heterocycles. The Kier molecular flexibility index (Phi) is 7.01. The molecule has 4 rings (SSSR count). The molecule has 1 aliphatic rings. The lowest BCUT2D eigenvalue weighted by molar-refractivity contribution is 0.0941. The van der Waals surface area contributed by atoms with Crippen LogP contribution in [0.5, 0.6) is 5.75 Å². The van der Waals surface area contributed by atoms with Gasteiger partial charge in [0.15, 0.2) is 0 Å². The number of amides is 1. The van der Waals surface area contributed by atoms with Crippen LogP contribution in [0.1, 0.15) is 27.8 Å². The molecule has 1 saturated heterocycles. The van der Waals surface area contributed by atoms with Gasteiger partial charge in [0.05, 0.1) is 12.0 Å². The zero-order valence-corrected chi connectivity index (χ0v) is 20.3. The van der Waals surface area contributed by atoms with E-state index >= 15 is 0 Å². The predicted octanol–water partition coefficient (Wildman–Crippen LogP) is 1.88. The number of sulfonamides is 1. The first kappa shape index (κ1) is 23.9. The van der Waals surface area contributed by atoms with Gasteiger partial charge >= 0.3 is 0 Å². The molecule has 1 fully saturated rings. The number of carbonyl (C=O) groups is 1. The fraction of sp³-hybridized carbons (Fsp3) is 0.333. The maximum atomic E-state index is 13.3. The number of aryl methyl sites for hydroxylation is 1. The number of rotatable bonds is 7. The van der Waals surface area contributed by atoms with Crippen LogP contribution in [0.4, 0.5) is 0 Å². The van der Waals surface area contributed by atoms with Gasteiger partial charge in [0.1, 0.15) is 17.6 Å². The van der Waals surface area contributed by atoms with E-state index in [2.05, 4.69) is 15.2 Å². The SMILES string of the molecule is COc1ccc([C@H](NC(=O)c2cccc(S(=O)(=O)N3CCN(C)CC3)c2)c2nccn2C)cc1. The third-order valence-electron chi connectivity index (χ3n) is 6.04. The van der Waals surface area contributed by atoms with Crippen molar-refractivity contribution >= 4 is 15.9 Å². The Morgan fingerprint density at radius 2 is 1.76 bits per heavy atom. The Labute approximate surface area is 200 Å². The molecule has 34 heavy (non-hydrogen) atoms. The Morgan fingerprint density at radius 1 is 1.06 bits per heavy atom. The van der Waals surface area contributed by atoms with Gasteiger partial charge in [-0.05, 0) is 42.9 Å². The van der Waals surface area contributed by atoms with Crippen molar-refractivity contribution in [2.75, 3.05) is 40.3 Å². The summed E-state index contributed by atoms with van der Waals surface area (Å²) in [7, 11) is 1.73. The molecule has 1 N–H and O–H groups in total. The van der Waals surface area contributed by atoms with Crippen LogP contribution < -0.4 is 10.1 Å². The zero-order chi connectivity index (χ0) is 24.3. The first-order valence-electron chi connectivity index (χ1n) is 11.0. The van der Waals surface area contributed by atoms with Crippen LogP contribution in [0.3, 0.4) is 0 Å². The second-order valence-corrected chi connectivity index (χ2v) is 10.2. The van der Waals surface area contributed by atoms with E-state index in [-0.39, 0.29) is 16.4 Å². The normalized spacial score (nSPS) is 16.2. The standard InChI is InChI=1S/C24H29N5O4S/c1-27-13-15-29(16-14-27)34(31,32)21-6-4-5-19(17-21)24(30)26-22(23-25-11-12-28(23)2)18-7-9-20(33-3)10-8-18/h4-12,17,22H,13-16H2,1-3H3,(H,26,30)/t22-/m0/s1. The van der Waals surface area contributed by atoms with E-state index in [0.717, 1.165) is 5.56 Å². The number of likely N-dealkylation sites (N-methyl/N-ethyl adjacent to an activating group) is 1. The molecule has 10 heteroatoms. The molecule has 2 heterocycles. The van der Waals surface area contributed by atoms with Crippen molar-refractivity contribution in [2.45, 2.75) is 10.9 Å². The Bertz CT molecular complexity index is 1250. The highest BCUT2D eigenvalue weighted by molar-refractivity contribution is 7.89. The number of methoxy groups -OCH3 is 1. The number of imidazole rings is 1. The summed E-state index contributed by atoms with van der Waals surface area (Å²) in [5, 5.41) is 3.02. The highest BCUT2D eigenvalue weighted by Gasteiger charge is 2.28. The number of aromatic nitrogens is 2. The van der Waals surface area contributed by atoms with Gasteiger partial charge in [0, 0.05) is 51.2 Å². The van der Waals surface area contributed by atoms with Crippen molar-refractivity contribution in [3.63, 3.8) is 0 Å². The minimum absolute atomic E-state index is 0.114. The molecule has 9 nitrogen and oxygen atoms in total. The molecular formula is C24H29N5O4S. The second-order valence-electron chi connectivity index (χ2n) is 8.31. The zero-order valence-electron chi connectivity index (χ0n) is 19.5. The highest BCUT2D eigenvalue weighted by atomic mass is 32.2. The summed E-state index contributed by atoms with van der Waals surface area (Å²) >= 11 is 0. The Hall–Kier alpha value is -3.21. The molecule has 0 unspecified atom stereocenters. The number of benzene rings is 2. The van der Waals surface area contributed by atoms with Gasteiger partial charge in [-0.1, -0.05) is 18.2 Å². The maximum absolute atomic E-state index is 13.3. The van der Waals surface area contributed by atoms with Gasteiger partial charge in [-0.15, -0.1) is 0 Å². The molecular weight excluding hydrogens is 454 g/mol. The maximum Gasteiger partial charge on any atom is 0.252 e. The molecule has 3 aromatic rings. The molecule has 0 radical (unpaired) electrons. The number of piperazine rings is 1. The molecule has 0 aliphatic carbocycles. The third-order valence-corrected chi connectivity index (χ3v) is 7.93. The number of hydrogen-bond acceptors (Lipinski definition) is 6. The first-order chi connectivity index (χ1) is 16.3. The number of nitrogens with one attached hydrogen (secondary N) is 1. The summed E-state index contributed by atoms with van der Waals surface area (Å²) in [6.45, 7) is 2.20.